The number of primary amides is 1. The molecule has 5 nitrogen and oxygen atoms in total. The van der Waals surface area contributed by atoms with Crippen molar-refractivity contribution in [1.29, 1.82) is 0 Å². The maximum atomic E-state index is 12.8. The number of ether oxygens (including phenoxy) is 2. The Hall–Kier alpha value is -3.31. The van der Waals surface area contributed by atoms with Gasteiger partial charge in [0.15, 0.2) is 11.5 Å². The van der Waals surface area contributed by atoms with Crippen LogP contribution in [0.25, 0.3) is 0 Å². The summed E-state index contributed by atoms with van der Waals surface area (Å²) in [4.78, 5) is 15.0. The Kier molecular flexibility index (Phi) is 7.23. The molecule has 178 valence electrons. The lowest BCUT2D eigenvalue weighted by Crippen LogP contribution is -2.44. The van der Waals surface area contributed by atoms with Crippen molar-refractivity contribution in [2.24, 2.45) is 5.73 Å². The second-order valence-corrected chi connectivity index (χ2v) is 9.08. The first-order valence-corrected chi connectivity index (χ1v) is 11.8. The summed E-state index contributed by atoms with van der Waals surface area (Å²) in [5.74, 6) is 1.11. The molecule has 0 fully saturated rings. The third kappa shape index (κ3) is 4.80. The van der Waals surface area contributed by atoms with Gasteiger partial charge in [-0.25, -0.2) is 0 Å². The zero-order valence-electron chi connectivity index (χ0n) is 20.5. The van der Waals surface area contributed by atoms with E-state index in [9.17, 15) is 4.79 Å². The van der Waals surface area contributed by atoms with E-state index < -0.39 is 6.04 Å². The van der Waals surface area contributed by atoms with Crippen molar-refractivity contribution in [1.82, 2.24) is 4.90 Å². The van der Waals surface area contributed by atoms with Crippen molar-refractivity contribution in [3.8, 4) is 11.5 Å². The molecular weight excluding hydrogens is 424 g/mol. The third-order valence-electron chi connectivity index (χ3n) is 7.04. The zero-order chi connectivity index (χ0) is 24.2. The molecule has 3 aromatic carbocycles. The highest BCUT2D eigenvalue weighted by molar-refractivity contribution is 5.81. The SMILES string of the molecule is COc1cc2c(cc1OC)[C@H](CCc1ccc(C)c(C)c1)N(C(C(N)=O)c1ccccc1)CC2. The molecular formula is C29H34N2O3. The number of aryl methyl sites for hydroxylation is 3. The van der Waals surface area contributed by atoms with Crippen molar-refractivity contribution >= 4 is 5.91 Å². The molecule has 3 aromatic rings. The molecule has 1 aliphatic heterocycles. The van der Waals surface area contributed by atoms with Crippen LogP contribution in [0.3, 0.4) is 0 Å². The third-order valence-corrected chi connectivity index (χ3v) is 7.04. The summed E-state index contributed by atoms with van der Waals surface area (Å²) < 4.78 is 11.2. The van der Waals surface area contributed by atoms with Crippen LogP contribution in [-0.4, -0.2) is 31.6 Å². The molecule has 0 aliphatic carbocycles. The van der Waals surface area contributed by atoms with Gasteiger partial charge in [-0.2, -0.15) is 0 Å². The molecule has 0 spiro atoms. The summed E-state index contributed by atoms with van der Waals surface area (Å²) in [5, 5.41) is 0. The van der Waals surface area contributed by atoms with E-state index in [4.69, 9.17) is 15.2 Å². The smallest absolute Gasteiger partial charge is 0.239 e. The lowest BCUT2D eigenvalue weighted by Gasteiger charge is -2.41. The van der Waals surface area contributed by atoms with E-state index in [1.165, 1.54) is 27.8 Å². The van der Waals surface area contributed by atoms with Gasteiger partial charge in [0.25, 0.3) is 0 Å². The molecule has 2 N–H and O–H groups in total. The van der Waals surface area contributed by atoms with E-state index in [2.05, 4.69) is 49.1 Å². The van der Waals surface area contributed by atoms with Crippen LogP contribution in [0.1, 0.15) is 51.9 Å². The minimum Gasteiger partial charge on any atom is -0.493 e. The molecule has 0 bridgehead atoms. The quantitative estimate of drug-likeness (QED) is 0.511. The largest absolute Gasteiger partial charge is 0.493 e. The van der Waals surface area contributed by atoms with E-state index in [1.807, 2.05) is 30.3 Å². The maximum Gasteiger partial charge on any atom is 0.239 e. The van der Waals surface area contributed by atoms with Gasteiger partial charge in [-0.15, -0.1) is 0 Å². The normalized spacial score (nSPS) is 16.5. The highest BCUT2D eigenvalue weighted by Crippen LogP contribution is 2.43. The number of carbonyl (C=O) groups excluding carboxylic acids is 1. The van der Waals surface area contributed by atoms with E-state index in [-0.39, 0.29) is 11.9 Å². The summed E-state index contributed by atoms with van der Waals surface area (Å²) >= 11 is 0. The van der Waals surface area contributed by atoms with Crippen LogP contribution in [0.4, 0.5) is 0 Å². The fraction of sp³-hybridized carbons (Fsp3) is 0.345. The second-order valence-electron chi connectivity index (χ2n) is 9.08. The number of benzene rings is 3. The molecule has 0 aromatic heterocycles. The van der Waals surface area contributed by atoms with E-state index in [0.29, 0.717) is 5.75 Å². The molecule has 0 radical (unpaired) electrons. The van der Waals surface area contributed by atoms with Gasteiger partial charge in [-0.3, -0.25) is 9.69 Å². The topological polar surface area (TPSA) is 64.8 Å². The van der Waals surface area contributed by atoms with E-state index in [1.54, 1.807) is 14.2 Å². The van der Waals surface area contributed by atoms with Crippen molar-refractivity contribution in [2.45, 2.75) is 45.2 Å². The van der Waals surface area contributed by atoms with Crippen LogP contribution in [0, 0.1) is 13.8 Å². The monoisotopic (exact) mass is 458 g/mol. The van der Waals surface area contributed by atoms with Gasteiger partial charge < -0.3 is 15.2 Å². The first kappa shape index (κ1) is 23.8. The fourth-order valence-corrected chi connectivity index (χ4v) is 5.09. The average molecular weight is 459 g/mol. The lowest BCUT2D eigenvalue weighted by atomic mass is 9.86. The standard InChI is InChI=1S/C29H34N2O3/c1-19-10-11-21(16-20(19)2)12-13-25-24-18-27(34-4)26(33-3)17-23(24)14-15-31(25)28(29(30)32)22-8-6-5-7-9-22/h5-11,16-18,25,28H,12-15H2,1-4H3,(H2,30,32)/t25-,28?/m0/s1. The number of nitrogens with two attached hydrogens (primary N) is 1. The highest BCUT2D eigenvalue weighted by atomic mass is 16.5. The van der Waals surface area contributed by atoms with Crippen molar-refractivity contribution in [2.75, 3.05) is 20.8 Å². The lowest BCUT2D eigenvalue weighted by molar-refractivity contribution is -0.124. The summed E-state index contributed by atoms with van der Waals surface area (Å²) in [6.07, 6.45) is 2.57. The van der Waals surface area contributed by atoms with E-state index in [0.717, 1.165) is 37.1 Å². The molecule has 0 saturated carbocycles. The molecule has 1 unspecified atom stereocenters. The first-order chi connectivity index (χ1) is 16.4. The van der Waals surface area contributed by atoms with Gasteiger partial charge in [0.05, 0.1) is 14.2 Å². The number of rotatable bonds is 8. The fourth-order valence-electron chi connectivity index (χ4n) is 5.09. The van der Waals surface area contributed by atoms with Crippen molar-refractivity contribution in [3.05, 3.63) is 94.0 Å². The van der Waals surface area contributed by atoms with Crippen LogP contribution in [0.5, 0.6) is 11.5 Å². The molecule has 1 heterocycles. The molecule has 0 saturated heterocycles. The summed E-state index contributed by atoms with van der Waals surface area (Å²) in [5.41, 5.74) is 13.2. The number of amides is 1. The van der Waals surface area contributed by atoms with E-state index >= 15 is 0 Å². The van der Waals surface area contributed by atoms with Gasteiger partial charge in [0.2, 0.25) is 5.91 Å². The minimum absolute atomic E-state index is 0.0165. The molecule has 4 rings (SSSR count). The Morgan fingerprint density at radius 2 is 1.71 bits per heavy atom. The second kappa shape index (κ2) is 10.3. The van der Waals surface area contributed by atoms with Gasteiger partial charge >= 0.3 is 0 Å². The average Bonchev–Trinajstić information content (AvgIpc) is 2.84. The maximum absolute atomic E-state index is 12.8. The van der Waals surface area contributed by atoms with Crippen molar-refractivity contribution < 1.29 is 14.3 Å². The Morgan fingerprint density at radius 1 is 1.00 bits per heavy atom. The Morgan fingerprint density at radius 3 is 2.35 bits per heavy atom. The molecule has 2 atom stereocenters. The van der Waals surface area contributed by atoms with Gasteiger partial charge in [-0.05, 0) is 78.6 Å². The zero-order valence-corrected chi connectivity index (χ0v) is 20.5. The molecule has 5 heteroatoms. The number of carbonyl (C=O) groups is 1. The van der Waals surface area contributed by atoms with Crippen LogP contribution < -0.4 is 15.2 Å². The summed E-state index contributed by atoms with van der Waals surface area (Å²) in [6, 6.07) is 20.2. The van der Waals surface area contributed by atoms with Crippen molar-refractivity contribution in [3.63, 3.8) is 0 Å². The van der Waals surface area contributed by atoms with Crippen LogP contribution >= 0.6 is 0 Å². The number of methoxy groups -OCH3 is 2. The van der Waals surface area contributed by atoms with Crippen LogP contribution in [-0.2, 0) is 17.6 Å². The van der Waals surface area contributed by atoms with Crippen LogP contribution in [0.15, 0.2) is 60.7 Å². The number of hydrogen-bond donors (Lipinski definition) is 1. The predicted molar refractivity (Wildman–Crippen MR) is 135 cm³/mol. The Balaban J connectivity index is 1.75. The summed E-state index contributed by atoms with van der Waals surface area (Å²) in [6.45, 7) is 5.02. The Bertz CT molecular complexity index is 1160. The number of fused-ring (bicyclic) bond motifs is 1. The number of hydrogen-bond acceptors (Lipinski definition) is 4. The predicted octanol–water partition coefficient (Wildman–Crippen LogP) is 5.08. The molecule has 1 aliphatic rings. The van der Waals surface area contributed by atoms with Gasteiger partial charge in [0, 0.05) is 12.6 Å². The molecule has 1 amide bonds. The van der Waals surface area contributed by atoms with Crippen LogP contribution in [0.2, 0.25) is 0 Å². The highest BCUT2D eigenvalue weighted by Gasteiger charge is 2.36. The first-order valence-electron chi connectivity index (χ1n) is 11.8. The van der Waals surface area contributed by atoms with Gasteiger partial charge in [-0.1, -0.05) is 48.5 Å². The van der Waals surface area contributed by atoms with Gasteiger partial charge in [0.1, 0.15) is 6.04 Å². The molecule has 34 heavy (non-hydrogen) atoms. The summed E-state index contributed by atoms with van der Waals surface area (Å²) in [7, 11) is 3.32. The Labute approximate surface area is 202 Å². The minimum atomic E-state index is -0.493. The number of nitrogens with zero attached hydrogens (tertiary/aromatic N) is 1.